The van der Waals surface area contributed by atoms with Crippen LogP contribution in [-0.2, 0) is 11.2 Å². The van der Waals surface area contributed by atoms with Gasteiger partial charge in [-0.3, -0.25) is 0 Å². The van der Waals surface area contributed by atoms with Gasteiger partial charge in [0, 0.05) is 19.0 Å². The normalized spacial score (nSPS) is 29.4. The summed E-state index contributed by atoms with van der Waals surface area (Å²) in [6.07, 6.45) is 2.70. The zero-order chi connectivity index (χ0) is 13.6. The molecule has 100 valence electrons. The van der Waals surface area contributed by atoms with Crippen molar-refractivity contribution >= 4 is 5.82 Å². The number of nitrogen functional groups attached to an aromatic ring is 1. The molecule has 2 heterocycles. The molecule has 1 aromatic heterocycles. The van der Waals surface area contributed by atoms with Crippen molar-refractivity contribution < 1.29 is 9.84 Å². The first-order valence-corrected chi connectivity index (χ1v) is 6.27. The molecular weight excluding hydrogens is 228 g/mol. The fraction of sp³-hybridized carbons (Fsp3) is 0.643. The van der Waals surface area contributed by atoms with E-state index in [9.17, 15) is 5.11 Å². The van der Waals surface area contributed by atoms with Gasteiger partial charge in [0.1, 0.15) is 5.82 Å². The van der Waals surface area contributed by atoms with Gasteiger partial charge in [-0.2, -0.15) is 0 Å². The van der Waals surface area contributed by atoms with Crippen LogP contribution in [0, 0.1) is 0 Å². The monoisotopic (exact) mass is 250 g/mol. The molecule has 1 saturated heterocycles. The second-order valence-electron chi connectivity index (χ2n) is 6.30. The van der Waals surface area contributed by atoms with Crippen LogP contribution in [0.5, 0.6) is 0 Å². The maximum Gasteiger partial charge on any atom is 0.126 e. The molecule has 3 N–H and O–H groups in total. The smallest absolute Gasteiger partial charge is 0.126 e. The van der Waals surface area contributed by atoms with Crippen molar-refractivity contribution in [1.29, 1.82) is 0 Å². The molecule has 18 heavy (non-hydrogen) atoms. The van der Waals surface area contributed by atoms with Crippen LogP contribution < -0.4 is 5.73 Å². The van der Waals surface area contributed by atoms with E-state index in [4.69, 9.17) is 10.5 Å². The van der Waals surface area contributed by atoms with Crippen LogP contribution in [0.1, 0.15) is 39.7 Å². The Balaban J connectivity index is 2.30. The van der Waals surface area contributed by atoms with Crippen molar-refractivity contribution in [2.24, 2.45) is 0 Å². The molecular formula is C14H22N2O2. The number of aliphatic hydroxyl groups is 1. The topological polar surface area (TPSA) is 68.4 Å². The molecule has 1 atom stereocenters. The fourth-order valence-corrected chi connectivity index (χ4v) is 2.93. The van der Waals surface area contributed by atoms with Crippen molar-refractivity contribution in [2.75, 3.05) is 5.73 Å². The number of nitrogens with two attached hydrogens (primary N) is 1. The number of hydrogen-bond acceptors (Lipinski definition) is 4. The van der Waals surface area contributed by atoms with Crippen LogP contribution in [0.2, 0.25) is 0 Å². The molecule has 0 radical (unpaired) electrons. The highest BCUT2D eigenvalue weighted by Gasteiger charge is 2.56. The minimum absolute atomic E-state index is 0.324. The Hall–Kier alpha value is -1.13. The summed E-state index contributed by atoms with van der Waals surface area (Å²) in [7, 11) is 0. The molecule has 0 spiro atoms. The predicted molar refractivity (Wildman–Crippen MR) is 71.2 cm³/mol. The van der Waals surface area contributed by atoms with Crippen LogP contribution in [-0.4, -0.2) is 26.9 Å². The summed E-state index contributed by atoms with van der Waals surface area (Å²) in [6, 6.07) is 3.74. The highest BCUT2D eigenvalue weighted by Crippen LogP contribution is 2.46. The zero-order valence-electron chi connectivity index (χ0n) is 11.5. The zero-order valence-corrected chi connectivity index (χ0v) is 11.5. The van der Waals surface area contributed by atoms with Gasteiger partial charge < -0.3 is 15.6 Å². The number of nitrogens with zero attached hydrogens (tertiary/aromatic N) is 1. The number of hydrogen-bond donors (Lipinski definition) is 2. The summed E-state index contributed by atoms with van der Waals surface area (Å²) in [5.74, 6) is 0.478. The Morgan fingerprint density at radius 2 is 2.06 bits per heavy atom. The maximum atomic E-state index is 10.9. The molecule has 1 aromatic rings. The van der Waals surface area contributed by atoms with Crippen LogP contribution in [0.15, 0.2) is 18.3 Å². The molecule has 1 aliphatic rings. The van der Waals surface area contributed by atoms with Gasteiger partial charge in [0.05, 0.1) is 16.8 Å². The molecule has 1 aliphatic heterocycles. The number of rotatable bonds is 2. The Kier molecular flexibility index (Phi) is 2.91. The third-order valence-corrected chi connectivity index (χ3v) is 3.78. The molecule has 1 fully saturated rings. The van der Waals surface area contributed by atoms with E-state index in [0.717, 1.165) is 5.56 Å². The van der Waals surface area contributed by atoms with Gasteiger partial charge in [-0.05, 0) is 39.3 Å². The molecule has 4 nitrogen and oxygen atoms in total. The molecule has 4 heteroatoms. The van der Waals surface area contributed by atoms with Gasteiger partial charge in [0.25, 0.3) is 0 Å². The van der Waals surface area contributed by atoms with E-state index >= 15 is 0 Å². The first-order chi connectivity index (χ1) is 8.15. The van der Waals surface area contributed by atoms with E-state index in [1.54, 1.807) is 6.20 Å². The molecule has 2 rings (SSSR count). The van der Waals surface area contributed by atoms with Crippen molar-refractivity contribution in [3.63, 3.8) is 0 Å². The summed E-state index contributed by atoms with van der Waals surface area (Å²) in [4.78, 5) is 4.06. The summed E-state index contributed by atoms with van der Waals surface area (Å²) in [6.45, 7) is 7.85. The number of ether oxygens (including phenoxy) is 1. The largest absolute Gasteiger partial charge is 0.386 e. The van der Waals surface area contributed by atoms with Crippen molar-refractivity contribution in [1.82, 2.24) is 4.98 Å². The van der Waals surface area contributed by atoms with Crippen LogP contribution in [0.3, 0.4) is 0 Å². The van der Waals surface area contributed by atoms with E-state index < -0.39 is 11.2 Å². The first-order valence-electron chi connectivity index (χ1n) is 6.27. The molecule has 0 aliphatic carbocycles. The highest BCUT2D eigenvalue weighted by molar-refractivity contribution is 5.40. The van der Waals surface area contributed by atoms with E-state index in [2.05, 4.69) is 4.98 Å². The second kappa shape index (κ2) is 3.93. The fourth-order valence-electron chi connectivity index (χ4n) is 2.93. The second-order valence-corrected chi connectivity index (χ2v) is 6.30. The van der Waals surface area contributed by atoms with Crippen molar-refractivity contribution in [2.45, 2.75) is 57.3 Å². The van der Waals surface area contributed by atoms with Gasteiger partial charge in [0.2, 0.25) is 0 Å². The summed E-state index contributed by atoms with van der Waals surface area (Å²) < 4.78 is 5.95. The Morgan fingerprint density at radius 1 is 1.39 bits per heavy atom. The predicted octanol–water partition coefficient (Wildman–Crippen LogP) is 1.91. The molecule has 0 amide bonds. The Morgan fingerprint density at radius 3 is 2.56 bits per heavy atom. The number of anilines is 1. The van der Waals surface area contributed by atoms with E-state index in [1.807, 2.05) is 39.8 Å². The third kappa shape index (κ3) is 2.22. The average molecular weight is 250 g/mol. The van der Waals surface area contributed by atoms with Gasteiger partial charge >= 0.3 is 0 Å². The molecule has 0 aromatic carbocycles. The average Bonchev–Trinajstić information content (AvgIpc) is 2.34. The van der Waals surface area contributed by atoms with Gasteiger partial charge in [-0.15, -0.1) is 0 Å². The quantitative estimate of drug-likeness (QED) is 0.841. The van der Waals surface area contributed by atoms with Crippen LogP contribution in [0.25, 0.3) is 0 Å². The Labute approximate surface area is 108 Å². The highest BCUT2D eigenvalue weighted by atomic mass is 16.5. The van der Waals surface area contributed by atoms with Crippen LogP contribution in [0.4, 0.5) is 5.82 Å². The lowest BCUT2D eigenvalue weighted by molar-refractivity contribution is -0.125. The number of pyridine rings is 1. The molecule has 1 unspecified atom stereocenters. The standard InChI is InChI=1S/C14H22N2O2/c1-12(2)9-14(17,13(3,4)18-12)8-10-6-5-7-16-11(10)15/h5-7,17H,8-9H2,1-4H3,(H2,15,16). The summed E-state index contributed by atoms with van der Waals surface area (Å²) in [5, 5.41) is 10.9. The van der Waals surface area contributed by atoms with E-state index in [0.29, 0.717) is 18.7 Å². The molecule has 0 saturated carbocycles. The van der Waals surface area contributed by atoms with Crippen LogP contribution >= 0.6 is 0 Å². The summed E-state index contributed by atoms with van der Waals surface area (Å²) in [5.41, 5.74) is 4.87. The lowest BCUT2D eigenvalue weighted by Crippen LogP contribution is -2.48. The Bertz CT molecular complexity index is 457. The van der Waals surface area contributed by atoms with Gasteiger partial charge in [-0.25, -0.2) is 4.98 Å². The SMILES string of the molecule is CC1(C)CC(O)(Cc2cccnc2N)C(C)(C)O1. The van der Waals surface area contributed by atoms with Gasteiger partial charge in [-0.1, -0.05) is 6.07 Å². The summed E-state index contributed by atoms with van der Waals surface area (Å²) >= 11 is 0. The number of aromatic nitrogens is 1. The van der Waals surface area contributed by atoms with E-state index in [-0.39, 0.29) is 5.60 Å². The minimum atomic E-state index is -0.923. The maximum absolute atomic E-state index is 10.9. The van der Waals surface area contributed by atoms with Crippen molar-refractivity contribution in [3.8, 4) is 0 Å². The van der Waals surface area contributed by atoms with E-state index in [1.165, 1.54) is 0 Å². The lowest BCUT2D eigenvalue weighted by atomic mass is 9.78. The molecule has 0 bridgehead atoms. The van der Waals surface area contributed by atoms with Crippen molar-refractivity contribution in [3.05, 3.63) is 23.9 Å². The van der Waals surface area contributed by atoms with Gasteiger partial charge in [0.15, 0.2) is 0 Å². The third-order valence-electron chi connectivity index (χ3n) is 3.78. The first kappa shape index (κ1) is 13.3. The lowest BCUT2D eigenvalue weighted by Gasteiger charge is -2.35. The minimum Gasteiger partial charge on any atom is -0.386 e.